The zero-order valence-electron chi connectivity index (χ0n) is 14.2. The predicted molar refractivity (Wildman–Crippen MR) is 101 cm³/mol. The molecule has 2 aliphatic rings. The molecule has 0 N–H and O–H groups in total. The van der Waals surface area contributed by atoms with Gasteiger partial charge in [0, 0.05) is 30.6 Å². The lowest BCUT2D eigenvalue weighted by atomic mass is 10.1. The van der Waals surface area contributed by atoms with Crippen molar-refractivity contribution in [2.24, 2.45) is 0 Å². The maximum absolute atomic E-state index is 12.8. The van der Waals surface area contributed by atoms with Gasteiger partial charge in [-0.05, 0) is 30.3 Å². The first-order valence-corrected chi connectivity index (χ1v) is 10.5. The molecule has 3 heterocycles. The molecule has 0 saturated carbocycles. The molecule has 2 aromatic rings. The zero-order valence-corrected chi connectivity index (χ0v) is 15.8. The number of hydrogen-bond acceptors (Lipinski definition) is 6. The number of benzene rings is 1. The van der Waals surface area contributed by atoms with Gasteiger partial charge in [0.15, 0.2) is 0 Å². The average molecular weight is 390 g/mol. The van der Waals surface area contributed by atoms with Gasteiger partial charge in [-0.25, -0.2) is 8.42 Å². The number of rotatable bonds is 2. The second-order valence-corrected chi connectivity index (χ2v) is 9.13. The monoisotopic (exact) mass is 390 g/mol. The summed E-state index contributed by atoms with van der Waals surface area (Å²) in [5.41, 5.74) is 0.390. The fourth-order valence-corrected chi connectivity index (χ4v) is 5.48. The molecular weight excluding hydrogens is 372 g/mol. The highest BCUT2D eigenvalue weighted by atomic mass is 32.2. The summed E-state index contributed by atoms with van der Waals surface area (Å²) in [5, 5.41) is 1.09. The van der Waals surface area contributed by atoms with E-state index in [0.29, 0.717) is 13.2 Å². The number of ketones is 1. The summed E-state index contributed by atoms with van der Waals surface area (Å²) in [6.07, 6.45) is 1.66. The third kappa shape index (κ3) is 2.84. The largest absolute Gasteiger partial charge is 0.378 e. The second-order valence-electron chi connectivity index (χ2n) is 6.10. The first-order chi connectivity index (χ1) is 12.5. The quantitative estimate of drug-likeness (QED) is 0.737. The molecule has 1 saturated heterocycles. The zero-order chi connectivity index (χ0) is 18.3. The number of likely N-dealkylation sites (N-methyl/N-ethyl adjacent to an activating group) is 1. The molecule has 4 rings (SSSR count). The van der Waals surface area contributed by atoms with Crippen molar-refractivity contribution in [2.45, 2.75) is 4.90 Å². The molecule has 0 bridgehead atoms. The van der Waals surface area contributed by atoms with Crippen LogP contribution in [0.1, 0.15) is 15.2 Å². The number of carbonyl (C=O) groups is 1. The molecule has 0 atom stereocenters. The van der Waals surface area contributed by atoms with E-state index < -0.39 is 10.0 Å². The molecule has 0 amide bonds. The SMILES string of the molecule is CN1/C(=C\c2ccc(N3CCOCC3)s2)C(=O)c2ccccc2S1(=O)=O. The predicted octanol–water partition coefficient (Wildman–Crippen LogP) is 2.44. The Balaban J connectivity index is 1.71. The normalized spacial score (nSPS) is 21.1. The van der Waals surface area contributed by atoms with Crippen LogP contribution in [0.15, 0.2) is 47.0 Å². The molecule has 1 aromatic carbocycles. The van der Waals surface area contributed by atoms with E-state index in [1.165, 1.54) is 24.5 Å². The highest BCUT2D eigenvalue weighted by Gasteiger charge is 2.36. The van der Waals surface area contributed by atoms with Crippen molar-refractivity contribution in [3.63, 3.8) is 0 Å². The molecule has 1 fully saturated rings. The number of ether oxygens (including phenoxy) is 1. The van der Waals surface area contributed by atoms with Crippen molar-refractivity contribution < 1.29 is 17.9 Å². The molecule has 0 aliphatic carbocycles. The second kappa shape index (κ2) is 6.53. The Morgan fingerprint density at radius 2 is 1.85 bits per heavy atom. The highest BCUT2D eigenvalue weighted by molar-refractivity contribution is 7.89. The fourth-order valence-electron chi connectivity index (χ4n) is 3.10. The average Bonchev–Trinajstić information content (AvgIpc) is 3.13. The van der Waals surface area contributed by atoms with Crippen molar-refractivity contribution in [2.75, 3.05) is 38.3 Å². The first-order valence-electron chi connectivity index (χ1n) is 8.25. The van der Waals surface area contributed by atoms with E-state index in [2.05, 4.69) is 4.90 Å². The van der Waals surface area contributed by atoms with Gasteiger partial charge in [0.1, 0.15) is 5.70 Å². The summed E-state index contributed by atoms with van der Waals surface area (Å²) in [5.74, 6) is -0.278. The van der Waals surface area contributed by atoms with Crippen LogP contribution in [-0.4, -0.2) is 51.9 Å². The van der Waals surface area contributed by atoms with Gasteiger partial charge >= 0.3 is 0 Å². The molecule has 0 unspecified atom stereocenters. The van der Waals surface area contributed by atoms with Crippen molar-refractivity contribution >= 4 is 38.2 Å². The van der Waals surface area contributed by atoms with Gasteiger partial charge in [-0.15, -0.1) is 11.3 Å². The van der Waals surface area contributed by atoms with Crippen molar-refractivity contribution in [3.8, 4) is 0 Å². The van der Waals surface area contributed by atoms with Gasteiger partial charge in [0.25, 0.3) is 10.0 Å². The third-order valence-corrected chi connectivity index (χ3v) is 7.48. The number of carbonyl (C=O) groups excluding carboxylic acids is 1. The van der Waals surface area contributed by atoms with Crippen LogP contribution >= 0.6 is 11.3 Å². The van der Waals surface area contributed by atoms with E-state index in [9.17, 15) is 13.2 Å². The van der Waals surface area contributed by atoms with Gasteiger partial charge in [0.2, 0.25) is 5.78 Å². The van der Waals surface area contributed by atoms with Crippen LogP contribution in [0, 0.1) is 0 Å². The Hall–Kier alpha value is -2.16. The third-order valence-electron chi connectivity index (χ3n) is 4.56. The molecule has 136 valence electrons. The molecule has 26 heavy (non-hydrogen) atoms. The van der Waals surface area contributed by atoms with Crippen LogP contribution < -0.4 is 4.90 Å². The minimum absolute atomic E-state index is 0.0600. The van der Waals surface area contributed by atoms with Crippen LogP contribution in [0.3, 0.4) is 0 Å². The molecular formula is C18H18N2O4S2. The standard InChI is InChI=1S/C18H18N2O4S2/c1-19-15(18(21)14-4-2-3-5-16(14)26(19,22)23)12-13-6-7-17(25-13)20-8-10-24-11-9-20/h2-7,12H,8-11H2,1H3/b15-12-. The minimum Gasteiger partial charge on any atom is -0.378 e. The molecule has 2 aliphatic heterocycles. The summed E-state index contributed by atoms with van der Waals surface area (Å²) in [7, 11) is -2.29. The summed E-state index contributed by atoms with van der Waals surface area (Å²) >= 11 is 1.54. The number of morpholine rings is 1. The van der Waals surface area contributed by atoms with E-state index in [4.69, 9.17) is 4.74 Å². The topological polar surface area (TPSA) is 66.9 Å². The highest BCUT2D eigenvalue weighted by Crippen LogP contribution is 2.34. The maximum atomic E-state index is 12.8. The lowest BCUT2D eigenvalue weighted by Gasteiger charge is -2.28. The van der Waals surface area contributed by atoms with Gasteiger partial charge < -0.3 is 9.64 Å². The number of hydrogen-bond donors (Lipinski definition) is 0. The van der Waals surface area contributed by atoms with E-state index in [-0.39, 0.29) is 21.9 Å². The first kappa shape index (κ1) is 17.3. The lowest BCUT2D eigenvalue weighted by Crippen LogP contribution is -2.36. The van der Waals surface area contributed by atoms with E-state index >= 15 is 0 Å². The van der Waals surface area contributed by atoms with Crippen LogP contribution in [0.2, 0.25) is 0 Å². The van der Waals surface area contributed by atoms with Crippen molar-refractivity contribution in [1.82, 2.24) is 4.31 Å². The van der Waals surface area contributed by atoms with Crippen molar-refractivity contribution in [1.29, 1.82) is 0 Å². The summed E-state index contributed by atoms with van der Waals surface area (Å²) in [6, 6.07) is 10.2. The van der Waals surface area contributed by atoms with Crippen LogP contribution in [-0.2, 0) is 14.8 Å². The number of anilines is 1. The number of allylic oxidation sites excluding steroid dienone is 1. The fraction of sp³-hybridized carbons (Fsp3) is 0.278. The number of thiophene rings is 1. The Kier molecular flexibility index (Phi) is 4.34. The number of Topliss-reactive ketones (excluding diaryl/α,β-unsaturated/α-hetero) is 1. The Bertz CT molecular complexity index is 988. The molecule has 1 aromatic heterocycles. The summed E-state index contributed by atoms with van der Waals surface area (Å²) in [4.78, 5) is 16.0. The Morgan fingerprint density at radius 1 is 1.12 bits per heavy atom. The summed E-state index contributed by atoms with van der Waals surface area (Å²) in [6.45, 7) is 3.06. The summed E-state index contributed by atoms with van der Waals surface area (Å²) < 4.78 is 31.9. The number of sulfonamides is 1. The molecule has 0 radical (unpaired) electrons. The molecule has 8 heteroatoms. The van der Waals surface area contributed by atoms with Gasteiger partial charge in [-0.3, -0.25) is 9.10 Å². The van der Waals surface area contributed by atoms with E-state index in [1.54, 1.807) is 24.3 Å². The Morgan fingerprint density at radius 3 is 2.62 bits per heavy atom. The van der Waals surface area contributed by atoms with Crippen LogP contribution in [0.4, 0.5) is 5.00 Å². The number of nitrogens with zero attached hydrogens (tertiary/aromatic N) is 2. The van der Waals surface area contributed by atoms with Gasteiger partial charge in [0.05, 0.1) is 23.1 Å². The lowest BCUT2D eigenvalue weighted by molar-refractivity contribution is 0.101. The van der Waals surface area contributed by atoms with Gasteiger partial charge in [-0.2, -0.15) is 0 Å². The smallest absolute Gasteiger partial charge is 0.264 e. The number of fused-ring (bicyclic) bond motifs is 1. The van der Waals surface area contributed by atoms with Crippen molar-refractivity contribution in [3.05, 3.63) is 52.5 Å². The minimum atomic E-state index is -3.71. The van der Waals surface area contributed by atoms with Crippen LogP contribution in [0.25, 0.3) is 6.08 Å². The van der Waals surface area contributed by atoms with Gasteiger partial charge in [-0.1, -0.05) is 12.1 Å². The van der Waals surface area contributed by atoms with E-state index in [1.807, 2.05) is 12.1 Å². The van der Waals surface area contributed by atoms with E-state index in [0.717, 1.165) is 27.3 Å². The molecule has 6 nitrogen and oxygen atoms in total. The van der Waals surface area contributed by atoms with Crippen LogP contribution in [0.5, 0.6) is 0 Å². The molecule has 0 spiro atoms. The maximum Gasteiger partial charge on any atom is 0.264 e. The Labute approximate surface area is 156 Å².